The molecule has 3 saturated carbocycles. The van der Waals surface area contributed by atoms with Gasteiger partial charge in [0.05, 0.1) is 0 Å². The van der Waals surface area contributed by atoms with E-state index in [0.717, 1.165) is 32.1 Å². The van der Waals surface area contributed by atoms with E-state index in [1.54, 1.807) is 6.08 Å². The molecule has 0 radical (unpaired) electrons. The molecule has 0 aromatic carbocycles. The maximum absolute atomic E-state index is 12.4. The van der Waals surface area contributed by atoms with Crippen LogP contribution >= 0.6 is 12.6 Å². The van der Waals surface area contributed by atoms with Crippen molar-refractivity contribution in [2.45, 2.75) is 51.2 Å². The summed E-state index contributed by atoms with van der Waals surface area (Å²) in [7, 11) is 0. The molecule has 0 aromatic rings. The summed E-state index contributed by atoms with van der Waals surface area (Å²) in [5.74, 6) is 2.20. The molecule has 0 aliphatic heterocycles. The number of rotatable bonds is 0. The highest BCUT2D eigenvalue weighted by molar-refractivity contribution is 7.81. The summed E-state index contributed by atoms with van der Waals surface area (Å²) in [5, 5.41) is 0.151. The van der Waals surface area contributed by atoms with Gasteiger partial charge in [-0.25, -0.2) is 0 Å². The Morgan fingerprint density at radius 3 is 2.73 bits per heavy atom. The molecule has 3 heteroatoms. The Morgan fingerprint density at radius 1 is 1.18 bits per heavy atom. The molecule has 0 heterocycles. The highest BCUT2D eigenvalue weighted by Crippen LogP contribution is 2.64. The Kier molecular flexibility index (Phi) is 3.08. The zero-order valence-electron chi connectivity index (χ0n) is 13.3. The molecule has 0 saturated heterocycles. The third-order valence-corrected chi connectivity index (χ3v) is 7.77. The summed E-state index contributed by atoms with van der Waals surface area (Å²) in [6, 6.07) is 0. The van der Waals surface area contributed by atoms with Crippen molar-refractivity contribution in [3.05, 3.63) is 23.8 Å². The molecule has 0 unspecified atom stereocenters. The SMILES string of the molecule is C[C@]12C=CC(=O)C=C1[C@H](S)C[C@@H]1[C@@H]2CC[C@]2(C)C(=O)CC[C@@H]12. The van der Waals surface area contributed by atoms with Gasteiger partial charge in [-0.1, -0.05) is 19.9 Å². The Labute approximate surface area is 137 Å². The first-order valence-corrected chi connectivity index (χ1v) is 9.04. The Morgan fingerprint density at radius 2 is 1.95 bits per heavy atom. The molecule has 3 fully saturated rings. The largest absolute Gasteiger partial charge is 0.299 e. The van der Waals surface area contributed by atoms with E-state index in [1.165, 1.54) is 5.57 Å². The van der Waals surface area contributed by atoms with E-state index in [2.05, 4.69) is 19.9 Å². The van der Waals surface area contributed by atoms with Crippen molar-refractivity contribution >= 4 is 24.2 Å². The average Bonchev–Trinajstić information content (AvgIpc) is 2.77. The van der Waals surface area contributed by atoms with Crippen LogP contribution in [0.1, 0.15) is 46.0 Å². The summed E-state index contributed by atoms with van der Waals surface area (Å²) in [4.78, 5) is 24.2. The fraction of sp³-hybridized carbons (Fsp3) is 0.684. The quantitative estimate of drug-likeness (QED) is 0.690. The molecule has 4 aliphatic rings. The van der Waals surface area contributed by atoms with E-state index in [0.29, 0.717) is 23.5 Å². The number of allylic oxidation sites excluding steroid dienone is 3. The molecule has 4 rings (SSSR count). The Hall–Kier alpha value is -0.830. The maximum atomic E-state index is 12.4. The van der Waals surface area contributed by atoms with E-state index < -0.39 is 0 Å². The first-order valence-electron chi connectivity index (χ1n) is 8.53. The van der Waals surface area contributed by atoms with Crippen LogP contribution in [0.15, 0.2) is 23.8 Å². The molecule has 22 heavy (non-hydrogen) atoms. The first-order chi connectivity index (χ1) is 10.4. The number of carbonyl (C=O) groups is 2. The van der Waals surface area contributed by atoms with Gasteiger partial charge in [-0.05, 0) is 61.2 Å². The third kappa shape index (κ3) is 1.75. The van der Waals surface area contributed by atoms with Crippen molar-refractivity contribution < 1.29 is 9.59 Å². The summed E-state index contributed by atoms with van der Waals surface area (Å²) < 4.78 is 0. The van der Waals surface area contributed by atoms with Gasteiger partial charge in [-0.2, -0.15) is 12.6 Å². The fourth-order valence-corrected chi connectivity index (χ4v) is 6.61. The number of fused-ring (bicyclic) bond motifs is 5. The molecule has 0 aromatic heterocycles. The fourth-order valence-electron chi connectivity index (χ4n) is 6.02. The smallest absolute Gasteiger partial charge is 0.178 e. The van der Waals surface area contributed by atoms with Gasteiger partial charge < -0.3 is 0 Å². The van der Waals surface area contributed by atoms with E-state index in [1.807, 2.05) is 6.08 Å². The molecule has 2 nitrogen and oxygen atoms in total. The molecule has 6 atom stereocenters. The zero-order valence-corrected chi connectivity index (χ0v) is 14.2. The molecule has 4 aliphatic carbocycles. The van der Waals surface area contributed by atoms with Crippen molar-refractivity contribution in [1.82, 2.24) is 0 Å². The summed E-state index contributed by atoms with van der Waals surface area (Å²) in [6.07, 6.45) is 10.6. The van der Waals surface area contributed by atoms with Crippen molar-refractivity contribution in [2.24, 2.45) is 28.6 Å². The topological polar surface area (TPSA) is 34.1 Å². The minimum atomic E-state index is -0.0968. The van der Waals surface area contributed by atoms with Gasteiger partial charge in [0.25, 0.3) is 0 Å². The number of thiol groups is 1. The molecular weight excluding hydrogens is 292 g/mol. The van der Waals surface area contributed by atoms with Crippen LogP contribution in [0, 0.1) is 28.6 Å². The summed E-state index contributed by atoms with van der Waals surface area (Å²) in [6.45, 7) is 4.48. The first kappa shape index (κ1) is 14.7. The van der Waals surface area contributed by atoms with Crippen LogP contribution < -0.4 is 0 Å². The lowest BCUT2D eigenvalue weighted by molar-refractivity contribution is -0.131. The lowest BCUT2D eigenvalue weighted by Crippen LogP contribution is -2.52. The molecular formula is C19H24O2S. The van der Waals surface area contributed by atoms with E-state index >= 15 is 0 Å². The molecule has 118 valence electrons. The normalized spacial score (nSPS) is 50.2. The maximum Gasteiger partial charge on any atom is 0.178 e. The predicted molar refractivity (Wildman–Crippen MR) is 89.8 cm³/mol. The van der Waals surface area contributed by atoms with Crippen molar-refractivity contribution in [1.29, 1.82) is 0 Å². The zero-order chi connectivity index (χ0) is 15.7. The highest BCUT2D eigenvalue weighted by atomic mass is 32.1. The second kappa shape index (κ2) is 4.59. The van der Waals surface area contributed by atoms with Gasteiger partial charge in [-0.15, -0.1) is 0 Å². The minimum absolute atomic E-state index is 0.0454. The number of Topliss-reactive ketones (excluding diaryl/α,β-unsaturated/α-hetero) is 1. The molecule has 0 amide bonds. The molecule has 0 spiro atoms. The van der Waals surface area contributed by atoms with Crippen molar-refractivity contribution in [3.63, 3.8) is 0 Å². The van der Waals surface area contributed by atoms with Crippen molar-refractivity contribution in [3.8, 4) is 0 Å². The van der Waals surface area contributed by atoms with Gasteiger partial charge in [0.2, 0.25) is 0 Å². The molecule has 0 N–H and O–H groups in total. The predicted octanol–water partition coefficient (Wildman–Crippen LogP) is 3.77. The lowest BCUT2D eigenvalue weighted by Gasteiger charge is -2.57. The van der Waals surface area contributed by atoms with Crippen LogP contribution in [0.25, 0.3) is 0 Å². The second-order valence-electron chi connectivity index (χ2n) is 8.16. The Bertz CT molecular complexity index is 619. The lowest BCUT2D eigenvalue weighted by atomic mass is 9.48. The van der Waals surface area contributed by atoms with E-state index in [4.69, 9.17) is 12.6 Å². The third-order valence-electron chi connectivity index (χ3n) is 7.28. The van der Waals surface area contributed by atoms with E-state index in [-0.39, 0.29) is 21.9 Å². The van der Waals surface area contributed by atoms with Crippen molar-refractivity contribution in [2.75, 3.05) is 0 Å². The summed E-state index contributed by atoms with van der Waals surface area (Å²) >= 11 is 4.83. The van der Waals surface area contributed by atoms with Crippen LogP contribution in [0.5, 0.6) is 0 Å². The van der Waals surface area contributed by atoms with Crippen LogP contribution in [0.2, 0.25) is 0 Å². The minimum Gasteiger partial charge on any atom is -0.299 e. The number of hydrogen-bond acceptors (Lipinski definition) is 3. The molecule has 0 bridgehead atoms. The Balaban J connectivity index is 1.76. The van der Waals surface area contributed by atoms with Crippen LogP contribution in [0.4, 0.5) is 0 Å². The number of ketones is 2. The number of hydrogen-bond donors (Lipinski definition) is 1. The van der Waals surface area contributed by atoms with Gasteiger partial charge in [0.15, 0.2) is 5.78 Å². The van der Waals surface area contributed by atoms with Crippen LogP contribution in [0.3, 0.4) is 0 Å². The highest BCUT2D eigenvalue weighted by Gasteiger charge is 2.59. The monoisotopic (exact) mass is 316 g/mol. The standard InChI is InChI=1S/C19H24O2S/c1-18-7-5-11(20)9-15(18)16(22)10-12-13-3-4-17(21)19(13,2)8-6-14(12)18/h5,7,9,12-14,16,22H,3-4,6,8,10H2,1-2H3/t12-,13-,14-,16+,18+,19-/m0/s1. The summed E-state index contributed by atoms with van der Waals surface area (Å²) in [5.41, 5.74) is 1.06. The second-order valence-corrected chi connectivity index (χ2v) is 8.79. The van der Waals surface area contributed by atoms with Crippen LogP contribution in [-0.2, 0) is 9.59 Å². The average molecular weight is 316 g/mol. The van der Waals surface area contributed by atoms with Gasteiger partial charge in [0, 0.05) is 22.5 Å². The van der Waals surface area contributed by atoms with Gasteiger partial charge >= 0.3 is 0 Å². The van der Waals surface area contributed by atoms with Crippen LogP contribution in [-0.4, -0.2) is 16.8 Å². The van der Waals surface area contributed by atoms with Gasteiger partial charge in [-0.3, -0.25) is 9.59 Å². The van der Waals surface area contributed by atoms with E-state index in [9.17, 15) is 9.59 Å². The van der Waals surface area contributed by atoms with Gasteiger partial charge in [0.1, 0.15) is 5.78 Å². The number of carbonyl (C=O) groups excluding carboxylic acids is 2.